The van der Waals surface area contributed by atoms with Crippen molar-refractivity contribution in [3.8, 4) is 0 Å². The number of benzene rings is 1. The molecule has 0 radical (unpaired) electrons. The number of nitrogens with one attached hydrogen (secondary N) is 1. The highest BCUT2D eigenvalue weighted by Crippen LogP contribution is 2.33. The number of hydrogen-bond donors (Lipinski definition) is 1. The summed E-state index contributed by atoms with van der Waals surface area (Å²) in [6.45, 7) is 9.12. The zero-order valence-corrected chi connectivity index (χ0v) is 14.8. The van der Waals surface area contributed by atoms with Crippen LogP contribution in [0.3, 0.4) is 0 Å². The maximum atomic E-state index is 6.09. The third-order valence-corrected chi connectivity index (χ3v) is 5.67. The van der Waals surface area contributed by atoms with E-state index in [1.165, 1.54) is 18.5 Å². The summed E-state index contributed by atoms with van der Waals surface area (Å²) in [6.07, 6.45) is 2.40. The molecule has 4 heteroatoms. The minimum atomic E-state index is 0.534. The first-order chi connectivity index (χ1) is 9.54. The Morgan fingerprint density at radius 3 is 2.80 bits per heavy atom. The van der Waals surface area contributed by atoms with Gasteiger partial charge in [0.05, 0.1) is 5.02 Å². The predicted octanol–water partition coefficient (Wildman–Crippen LogP) is 4.71. The van der Waals surface area contributed by atoms with Gasteiger partial charge in [0.2, 0.25) is 0 Å². The number of hydrogen-bond acceptors (Lipinski definition) is 2. The molecule has 3 atom stereocenters. The van der Waals surface area contributed by atoms with Crippen molar-refractivity contribution in [2.75, 3.05) is 18.0 Å². The summed E-state index contributed by atoms with van der Waals surface area (Å²) in [5.74, 6) is 0.643. The predicted molar refractivity (Wildman–Crippen MR) is 91.8 cm³/mol. The molecular weight excluding hydrogens is 336 g/mol. The summed E-state index contributed by atoms with van der Waals surface area (Å²) in [5.41, 5.74) is 1.26. The molecule has 1 aromatic carbocycles. The summed E-state index contributed by atoms with van der Waals surface area (Å²) in [7, 11) is 0. The highest BCUT2D eigenvalue weighted by Gasteiger charge is 2.32. The van der Waals surface area contributed by atoms with Crippen LogP contribution >= 0.6 is 27.5 Å². The van der Waals surface area contributed by atoms with E-state index in [2.05, 4.69) is 59.1 Å². The molecule has 3 unspecified atom stereocenters. The normalized spacial score (nSPS) is 26.9. The molecule has 2 nitrogen and oxygen atoms in total. The molecule has 0 aliphatic carbocycles. The van der Waals surface area contributed by atoms with E-state index < -0.39 is 0 Å². The zero-order valence-electron chi connectivity index (χ0n) is 12.5. The van der Waals surface area contributed by atoms with Crippen LogP contribution in [0.15, 0.2) is 22.7 Å². The van der Waals surface area contributed by atoms with Gasteiger partial charge in [-0.2, -0.15) is 0 Å². The van der Waals surface area contributed by atoms with Gasteiger partial charge in [0.25, 0.3) is 0 Å². The number of piperidine rings is 1. The van der Waals surface area contributed by atoms with Gasteiger partial charge in [-0.05, 0) is 66.4 Å². The zero-order chi connectivity index (χ0) is 14.7. The molecule has 112 valence electrons. The smallest absolute Gasteiger partial charge is 0.0549 e. The fourth-order valence-corrected chi connectivity index (χ4v) is 3.49. The lowest BCUT2D eigenvalue weighted by Gasteiger charge is -2.44. The topological polar surface area (TPSA) is 15.3 Å². The number of rotatable bonds is 4. The Kier molecular flexibility index (Phi) is 5.76. The molecule has 1 saturated heterocycles. The van der Waals surface area contributed by atoms with Gasteiger partial charge >= 0.3 is 0 Å². The molecule has 1 N–H and O–H groups in total. The van der Waals surface area contributed by atoms with Crippen LogP contribution in [-0.2, 0) is 0 Å². The quantitative estimate of drug-likeness (QED) is 0.838. The Bertz CT molecular complexity index is 452. The van der Waals surface area contributed by atoms with Crippen LogP contribution in [0.2, 0.25) is 5.02 Å². The van der Waals surface area contributed by atoms with Crippen LogP contribution < -0.4 is 10.2 Å². The van der Waals surface area contributed by atoms with E-state index >= 15 is 0 Å². The lowest BCUT2D eigenvalue weighted by atomic mass is 9.86. The van der Waals surface area contributed by atoms with Gasteiger partial charge in [-0.15, -0.1) is 0 Å². The molecule has 1 aromatic rings. The Labute approximate surface area is 136 Å². The van der Waals surface area contributed by atoms with E-state index in [1.54, 1.807) is 0 Å². The second kappa shape index (κ2) is 7.15. The molecule has 0 bridgehead atoms. The largest absolute Gasteiger partial charge is 0.368 e. The number of nitrogens with zero attached hydrogens (tertiary/aromatic N) is 1. The van der Waals surface area contributed by atoms with Crippen molar-refractivity contribution in [2.24, 2.45) is 5.92 Å². The highest BCUT2D eigenvalue weighted by molar-refractivity contribution is 9.10. The van der Waals surface area contributed by atoms with Gasteiger partial charge < -0.3 is 10.2 Å². The van der Waals surface area contributed by atoms with E-state index in [0.717, 1.165) is 22.6 Å². The maximum absolute atomic E-state index is 6.09. The second-order valence-corrected chi connectivity index (χ2v) is 7.00. The average molecular weight is 360 g/mol. The van der Waals surface area contributed by atoms with E-state index in [0.29, 0.717) is 18.0 Å². The Morgan fingerprint density at radius 1 is 1.40 bits per heavy atom. The first-order valence-electron chi connectivity index (χ1n) is 7.49. The van der Waals surface area contributed by atoms with Crippen molar-refractivity contribution in [3.63, 3.8) is 0 Å². The summed E-state index contributed by atoms with van der Waals surface area (Å²) in [6, 6.07) is 7.39. The monoisotopic (exact) mass is 358 g/mol. The van der Waals surface area contributed by atoms with E-state index in [4.69, 9.17) is 11.6 Å². The van der Waals surface area contributed by atoms with Crippen molar-refractivity contribution in [2.45, 2.75) is 45.7 Å². The molecule has 1 heterocycles. The molecule has 0 saturated carbocycles. The standard InChI is InChI=1S/C16H24BrClN2/c1-4-8-19-16-7-9-20(12(3)11(16)2)13-5-6-15(18)14(17)10-13/h5-6,10-12,16,19H,4,7-9H2,1-3H3. The molecule has 0 amide bonds. The Hall–Kier alpha value is -0.250. The van der Waals surface area contributed by atoms with Crippen molar-refractivity contribution < 1.29 is 0 Å². The highest BCUT2D eigenvalue weighted by atomic mass is 79.9. The second-order valence-electron chi connectivity index (χ2n) is 5.74. The van der Waals surface area contributed by atoms with Crippen LogP contribution in [0.4, 0.5) is 5.69 Å². The molecule has 20 heavy (non-hydrogen) atoms. The third-order valence-electron chi connectivity index (χ3n) is 4.46. The van der Waals surface area contributed by atoms with Gasteiger partial charge in [0, 0.05) is 28.8 Å². The Morgan fingerprint density at radius 2 is 2.15 bits per heavy atom. The molecule has 0 aromatic heterocycles. The van der Waals surface area contributed by atoms with Gasteiger partial charge in [0.1, 0.15) is 0 Å². The van der Waals surface area contributed by atoms with Crippen LogP contribution in [0, 0.1) is 5.92 Å². The van der Waals surface area contributed by atoms with Crippen LogP contribution in [0.5, 0.6) is 0 Å². The SMILES string of the molecule is CCCNC1CCN(c2ccc(Cl)c(Br)c2)C(C)C1C. The van der Waals surface area contributed by atoms with E-state index in [9.17, 15) is 0 Å². The van der Waals surface area contributed by atoms with Crippen LogP contribution in [-0.4, -0.2) is 25.2 Å². The summed E-state index contributed by atoms with van der Waals surface area (Å²) >= 11 is 9.61. The van der Waals surface area contributed by atoms with Gasteiger partial charge in [0.15, 0.2) is 0 Å². The number of anilines is 1. The molecule has 2 rings (SSSR count). The summed E-state index contributed by atoms with van der Waals surface area (Å²) < 4.78 is 0.975. The maximum Gasteiger partial charge on any atom is 0.0549 e. The molecular formula is C16H24BrClN2. The molecule has 1 aliphatic rings. The summed E-state index contributed by atoms with van der Waals surface area (Å²) in [5, 5.41) is 4.46. The third kappa shape index (κ3) is 3.49. The molecule has 0 spiro atoms. The van der Waals surface area contributed by atoms with E-state index in [1.807, 2.05) is 6.07 Å². The van der Waals surface area contributed by atoms with Gasteiger partial charge in [-0.3, -0.25) is 0 Å². The lowest BCUT2D eigenvalue weighted by Crippen LogP contribution is -2.53. The van der Waals surface area contributed by atoms with Crippen LogP contribution in [0.25, 0.3) is 0 Å². The van der Waals surface area contributed by atoms with Crippen molar-refractivity contribution in [1.82, 2.24) is 5.32 Å². The summed E-state index contributed by atoms with van der Waals surface area (Å²) in [4.78, 5) is 2.50. The Balaban J connectivity index is 2.09. The van der Waals surface area contributed by atoms with Crippen molar-refractivity contribution in [1.29, 1.82) is 0 Å². The minimum absolute atomic E-state index is 0.534. The molecule has 1 fully saturated rings. The average Bonchev–Trinajstić information content (AvgIpc) is 2.44. The van der Waals surface area contributed by atoms with Crippen LogP contribution in [0.1, 0.15) is 33.6 Å². The van der Waals surface area contributed by atoms with E-state index in [-0.39, 0.29) is 0 Å². The minimum Gasteiger partial charge on any atom is -0.368 e. The van der Waals surface area contributed by atoms with Gasteiger partial charge in [-0.1, -0.05) is 25.4 Å². The first-order valence-corrected chi connectivity index (χ1v) is 8.66. The van der Waals surface area contributed by atoms with Crippen molar-refractivity contribution in [3.05, 3.63) is 27.7 Å². The number of halogens is 2. The lowest BCUT2D eigenvalue weighted by molar-refractivity contribution is 0.271. The van der Waals surface area contributed by atoms with Crippen molar-refractivity contribution >= 4 is 33.2 Å². The molecule has 1 aliphatic heterocycles. The van der Waals surface area contributed by atoms with Gasteiger partial charge in [-0.25, -0.2) is 0 Å². The fraction of sp³-hybridized carbons (Fsp3) is 0.625. The fourth-order valence-electron chi connectivity index (χ4n) is 3.01. The first kappa shape index (κ1) is 16.1.